The molecule has 2 aliphatic rings. The minimum atomic E-state index is -4.26. The Bertz CT molecular complexity index is 1230. The van der Waals surface area contributed by atoms with Crippen molar-refractivity contribution in [1.29, 1.82) is 0 Å². The van der Waals surface area contributed by atoms with Crippen molar-refractivity contribution in [3.63, 3.8) is 0 Å². The lowest BCUT2D eigenvalue weighted by Gasteiger charge is -2.15. The van der Waals surface area contributed by atoms with Gasteiger partial charge in [0.15, 0.2) is 5.65 Å². The van der Waals surface area contributed by atoms with Gasteiger partial charge in [0.25, 0.3) is 5.91 Å². The zero-order valence-corrected chi connectivity index (χ0v) is 19.5. The molecule has 0 unspecified atom stereocenters. The average Bonchev–Trinajstić information content (AvgIpc) is 3.27. The third-order valence-electron chi connectivity index (χ3n) is 6.44. The molecule has 0 bridgehead atoms. The molecule has 0 spiro atoms. The Morgan fingerprint density at radius 1 is 1.17 bits per heavy atom. The summed E-state index contributed by atoms with van der Waals surface area (Å²) in [5, 5.41) is 10.5. The van der Waals surface area contributed by atoms with Crippen molar-refractivity contribution in [3.05, 3.63) is 41.6 Å². The number of nitrogens with one attached hydrogen (secondary N) is 2. The van der Waals surface area contributed by atoms with Crippen molar-refractivity contribution in [1.82, 2.24) is 19.9 Å². The zero-order valence-electron chi connectivity index (χ0n) is 19.5. The van der Waals surface area contributed by atoms with Gasteiger partial charge < -0.3 is 15.4 Å². The molecule has 2 N–H and O–H groups in total. The summed E-state index contributed by atoms with van der Waals surface area (Å²) in [7, 11) is 0. The highest BCUT2D eigenvalue weighted by Gasteiger charge is 2.27. The lowest BCUT2D eigenvalue weighted by molar-refractivity contribution is -0.131. The second-order valence-electron chi connectivity index (χ2n) is 9.37. The highest BCUT2D eigenvalue weighted by molar-refractivity contribution is 5.96. The van der Waals surface area contributed by atoms with E-state index in [1.54, 1.807) is 22.8 Å². The first-order valence-corrected chi connectivity index (χ1v) is 12.0. The molecule has 2 heterocycles. The first-order chi connectivity index (χ1) is 16.8. The van der Waals surface area contributed by atoms with Crippen LogP contribution in [0.4, 0.5) is 18.9 Å². The van der Waals surface area contributed by atoms with Crippen LogP contribution in [-0.4, -0.2) is 45.4 Å². The van der Waals surface area contributed by atoms with Crippen LogP contribution >= 0.6 is 0 Å². The maximum atomic E-state index is 12.7. The Balaban J connectivity index is 1.47. The molecule has 0 aliphatic heterocycles. The molecule has 5 rings (SSSR count). The van der Waals surface area contributed by atoms with Crippen LogP contribution in [0.3, 0.4) is 0 Å². The van der Waals surface area contributed by atoms with E-state index in [1.165, 1.54) is 0 Å². The van der Waals surface area contributed by atoms with Crippen molar-refractivity contribution >= 4 is 17.2 Å². The fourth-order valence-corrected chi connectivity index (χ4v) is 4.42. The Morgan fingerprint density at radius 2 is 1.94 bits per heavy atom. The number of benzene rings is 1. The van der Waals surface area contributed by atoms with E-state index in [2.05, 4.69) is 20.7 Å². The van der Waals surface area contributed by atoms with Crippen LogP contribution in [-0.2, 0) is 0 Å². The van der Waals surface area contributed by atoms with Crippen LogP contribution in [0.25, 0.3) is 16.9 Å². The predicted octanol–water partition coefficient (Wildman–Crippen LogP) is 5.28. The van der Waals surface area contributed by atoms with Crippen molar-refractivity contribution < 1.29 is 22.7 Å². The number of hydrogen-bond donors (Lipinski definition) is 2. The van der Waals surface area contributed by atoms with E-state index in [0.717, 1.165) is 49.7 Å². The van der Waals surface area contributed by atoms with E-state index in [9.17, 15) is 18.0 Å². The summed E-state index contributed by atoms with van der Waals surface area (Å²) < 4.78 is 45.8. The summed E-state index contributed by atoms with van der Waals surface area (Å²) in [6.07, 6.45) is 2.51. The predicted molar refractivity (Wildman–Crippen MR) is 126 cm³/mol. The van der Waals surface area contributed by atoms with Crippen LogP contribution in [0.2, 0.25) is 0 Å². The van der Waals surface area contributed by atoms with Crippen LogP contribution in [0.5, 0.6) is 5.88 Å². The fourth-order valence-electron chi connectivity index (χ4n) is 4.42. The summed E-state index contributed by atoms with van der Waals surface area (Å²) in [4.78, 5) is 16.9. The van der Waals surface area contributed by atoms with E-state index in [4.69, 9.17) is 4.74 Å². The number of carbonyl (C=O) groups is 1. The molecule has 35 heavy (non-hydrogen) atoms. The topological polar surface area (TPSA) is 80.6 Å². The van der Waals surface area contributed by atoms with Gasteiger partial charge in [0.05, 0.1) is 24.0 Å². The second kappa shape index (κ2) is 9.39. The molecule has 186 valence electrons. The molecule has 10 heteroatoms. The van der Waals surface area contributed by atoms with Crippen LogP contribution in [0, 0.1) is 6.92 Å². The van der Waals surface area contributed by atoms with Crippen LogP contribution in [0.15, 0.2) is 30.5 Å². The number of nitrogens with zero attached hydrogens (tertiary/aromatic N) is 3. The summed E-state index contributed by atoms with van der Waals surface area (Å²) in [5.74, 6) is 0.256. The van der Waals surface area contributed by atoms with Crippen molar-refractivity contribution in [2.45, 2.75) is 70.2 Å². The van der Waals surface area contributed by atoms with Crippen molar-refractivity contribution in [2.24, 2.45) is 0 Å². The summed E-state index contributed by atoms with van der Waals surface area (Å²) >= 11 is 0. The molecule has 2 aliphatic carbocycles. The zero-order chi connectivity index (χ0) is 24.6. The molecule has 3 aromatic rings. The van der Waals surface area contributed by atoms with Crippen molar-refractivity contribution in [3.8, 4) is 17.1 Å². The number of hydrogen-bond acceptors (Lipinski definition) is 5. The Morgan fingerprint density at radius 3 is 2.63 bits per heavy atom. The number of halogens is 3. The second-order valence-corrected chi connectivity index (χ2v) is 9.37. The summed E-state index contributed by atoms with van der Waals surface area (Å²) in [5.41, 5.74) is 3.73. The SMILES string of the molecule is Cc1cc(-c2cnc3c(NCCC(F)(F)F)cc(OC4CCCC4)nn23)ccc1C(=O)NC1CC1. The lowest BCUT2D eigenvalue weighted by atomic mass is 10.0. The van der Waals surface area contributed by atoms with Gasteiger partial charge in [-0.3, -0.25) is 4.79 Å². The lowest BCUT2D eigenvalue weighted by Crippen LogP contribution is -2.26. The van der Waals surface area contributed by atoms with E-state index >= 15 is 0 Å². The van der Waals surface area contributed by atoms with Gasteiger partial charge >= 0.3 is 6.18 Å². The van der Waals surface area contributed by atoms with E-state index in [0.29, 0.717) is 28.5 Å². The Labute approximate surface area is 201 Å². The number of anilines is 1. The van der Waals surface area contributed by atoms with Crippen LogP contribution < -0.4 is 15.4 Å². The molecule has 0 atom stereocenters. The van der Waals surface area contributed by atoms with Gasteiger partial charge in [-0.2, -0.15) is 13.2 Å². The number of imidazole rings is 1. The third-order valence-corrected chi connectivity index (χ3v) is 6.44. The number of rotatable bonds is 8. The minimum absolute atomic E-state index is 0.0430. The molecular weight excluding hydrogens is 459 g/mol. The van der Waals surface area contributed by atoms with Gasteiger partial charge in [0.1, 0.15) is 6.10 Å². The fraction of sp³-hybridized carbons (Fsp3) is 0.480. The molecule has 7 nitrogen and oxygen atoms in total. The maximum absolute atomic E-state index is 12.7. The van der Waals surface area contributed by atoms with E-state index in [1.807, 2.05) is 19.1 Å². The van der Waals surface area contributed by atoms with Gasteiger partial charge in [0.2, 0.25) is 5.88 Å². The van der Waals surface area contributed by atoms with E-state index < -0.39 is 12.6 Å². The van der Waals surface area contributed by atoms with E-state index in [-0.39, 0.29) is 24.6 Å². The van der Waals surface area contributed by atoms with Crippen LogP contribution in [0.1, 0.15) is 60.9 Å². The number of alkyl halides is 3. The number of fused-ring (bicyclic) bond motifs is 1. The monoisotopic (exact) mass is 487 g/mol. The average molecular weight is 488 g/mol. The Kier molecular flexibility index (Phi) is 6.29. The first kappa shape index (κ1) is 23.4. The molecule has 2 saturated carbocycles. The molecule has 0 saturated heterocycles. The van der Waals surface area contributed by atoms with Gasteiger partial charge in [-0.05, 0) is 63.1 Å². The van der Waals surface area contributed by atoms with Gasteiger partial charge in [-0.15, -0.1) is 5.10 Å². The molecular formula is C25H28F3N5O2. The maximum Gasteiger partial charge on any atom is 0.390 e. The molecule has 1 amide bonds. The normalized spacial score (nSPS) is 16.6. The number of aryl methyl sites for hydroxylation is 1. The summed E-state index contributed by atoms with van der Waals surface area (Å²) in [6, 6.07) is 7.40. The molecule has 0 radical (unpaired) electrons. The highest BCUT2D eigenvalue weighted by Crippen LogP contribution is 2.31. The first-order valence-electron chi connectivity index (χ1n) is 12.0. The molecule has 1 aromatic carbocycles. The van der Waals surface area contributed by atoms with Gasteiger partial charge in [-0.1, -0.05) is 6.07 Å². The number of ether oxygens (including phenoxy) is 1. The highest BCUT2D eigenvalue weighted by atomic mass is 19.4. The van der Waals surface area contributed by atoms with Gasteiger partial charge in [0, 0.05) is 29.8 Å². The largest absolute Gasteiger partial charge is 0.473 e. The summed E-state index contributed by atoms with van der Waals surface area (Å²) in [6.45, 7) is 1.60. The van der Waals surface area contributed by atoms with Crippen molar-refractivity contribution in [2.75, 3.05) is 11.9 Å². The minimum Gasteiger partial charge on any atom is -0.473 e. The number of carbonyl (C=O) groups excluding carboxylic acids is 1. The molecule has 2 fully saturated rings. The van der Waals surface area contributed by atoms with Gasteiger partial charge in [-0.25, -0.2) is 9.50 Å². The molecule has 2 aromatic heterocycles. The Hall–Kier alpha value is -3.30. The third kappa shape index (κ3) is 5.52. The smallest absolute Gasteiger partial charge is 0.390 e. The number of amides is 1. The quantitative estimate of drug-likeness (QED) is 0.452. The standard InChI is InChI=1S/C25H28F3N5O2/c1-15-12-16(6-9-19(15)24(34)31-17-7-8-17)21-14-30-23-20(29-11-10-25(26,27)28)13-22(32-33(21)23)35-18-4-2-3-5-18/h6,9,12-14,17-18,29H,2-5,7-8,10-11H2,1H3,(H,31,34). The number of aromatic nitrogens is 3.